The lowest BCUT2D eigenvalue weighted by atomic mass is 9.98. The van der Waals surface area contributed by atoms with Crippen molar-refractivity contribution in [3.8, 4) is 0 Å². The highest BCUT2D eigenvalue weighted by atomic mass is 79.9. The van der Waals surface area contributed by atoms with Gasteiger partial charge in [-0.15, -0.1) is 11.6 Å². The Morgan fingerprint density at radius 3 is 2.33 bits per heavy atom. The van der Waals surface area contributed by atoms with Crippen molar-refractivity contribution in [2.75, 3.05) is 5.33 Å². The molecule has 0 radical (unpaired) electrons. The molecule has 0 bridgehead atoms. The molecule has 2 heteroatoms. The van der Waals surface area contributed by atoms with Crippen molar-refractivity contribution in [2.45, 2.75) is 51.3 Å². The van der Waals surface area contributed by atoms with Crippen LogP contribution in [0.25, 0.3) is 0 Å². The molecule has 0 aromatic rings. The van der Waals surface area contributed by atoms with Crippen LogP contribution in [0.15, 0.2) is 0 Å². The fraction of sp³-hybridized carbons (Fsp3) is 1.00. The first-order valence-electron chi connectivity index (χ1n) is 4.70. The minimum atomic E-state index is -0.00583. The number of hydrogen-bond acceptors (Lipinski definition) is 0. The lowest BCUT2D eigenvalue weighted by Gasteiger charge is -2.16. The van der Waals surface area contributed by atoms with E-state index in [1.54, 1.807) is 0 Å². The highest BCUT2D eigenvalue weighted by Crippen LogP contribution is 2.23. The molecule has 0 aromatic heterocycles. The minimum absolute atomic E-state index is 0.00583. The lowest BCUT2D eigenvalue weighted by molar-refractivity contribution is 0.463. The molecule has 0 rings (SSSR count). The van der Waals surface area contributed by atoms with Gasteiger partial charge < -0.3 is 0 Å². The Morgan fingerprint density at radius 1 is 1.33 bits per heavy atom. The van der Waals surface area contributed by atoms with Crippen molar-refractivity contribution in [1.82, 2.24) is 0 Å². The van der Waals surface area contributed by atoms with E-state index in [0.717, 1.165) is 17.7 Å². The molecule has 0 saturated heterocycles. The molecule has 1 unspecified atom stereocenters. The summed E-state index contributed by atoms with van der Waals surface area (Å²) in [5.41, 5.74) is 0. The van der Waals surface area contributed by atoms with Crippen LogP contribution in [0.1, 0.15) is 46.5 Å². The largest absolute Gasteiger partial charge is 0.120 e. The topological polar surface area (TPSA) is 0 Å². The molecule has 0 spiro atoms. The summed E-state index contributed by atoms with van der Waals surface area (Å²) in [5, 5.41) is 1.12. The van der Waals surface area contributed by atoms with Gasteiger partial charge in [0.2, 0.25) is 0 Å². The molecule has 0 N–H and O–H groups in total. The highest BCUT2D eigenvalue weighted by Gasteiger charge is 2.12. The molecule has 0 saturated carbocycles. The molecule has 0 aliphatic heterocycles. The van der Waals surface area contributed by atoms with Gasteiger partial charge in [-0.25, -0.2) is 0 Å². The molecule has 12 heavy (non-hydrogen) atoms. The summed E-state index contributed by atoms with van der Waals surface area (Å²) >= 11 is 9.54. The van der Waals surface area contributed by atoms with Gasteiger partial charge in [-0.3, -0.25) is 0 Å². The standard InChI is InChI=1S/C10H20BrCl/c1-9(6-8-11)5-4-7-10(2,3)12/h9H,4-8H2,1-3H3. The van der Waals surface area contributed by atoms with E-state index < -0.39 is 0 Å². The summed E-state index contributed by atoms with van der Waals surface area (Å²) in [5.74, 6) is 0.836. The highest BCUT2D eigenvalue weighted by molar-refractivity contribution is 9.09. The smallest absolute Gasteiger partial charge is 0.0390 e. The fourth-order valence-electron chi connectivity index (χ4n) is 1.20. The molecule has 0 fully saturated rings. The zero-order valence-corrected chi connectivity index (χ0v) is 10.7. The predicted octanol–water partition coefficient (Wildman–Crippen LogP) is 4.60. The molecule has 0 aliphatic rings. The summed E-state index contributed by atoms with van der Waals surface area (Å²) in [4.78, 5) is -0.00583. The van der Waals surface area contributed by atoms with Crippen molar-refractivity contribution in [1.29, 1.82) is 0 Å². The van der Waals surface area contributed by atoms with Crippen LogP contribution in [0.4, 0.5) is 0 Å². The maximum Gasteiger partial charge on any atom is 0.0390 e. The van der Waals surface area contributed by atoms with E-state index in [9.17, 15) is 0 Å². The first-order chi connectivity index (χ1) is 5.45. The Hall–Kier alpha value is 0.770. The second kappa shape index (κ2) is 6.26. The molecular formula is C10H20BrCl. The van der Waals surface area contributed by atoms with E-state index in [0.29, 0.717) is 0 Å². The molecule has 0 heterocycles. The number of rotatable bonds is 6. The predicted molar refractivity (Wildman–Crippen MR) is 61.4 cm³/mol. The third-order valence-electron chi connectivity index (χ3n) is 2.07. The summed E-state index contributed by atoms with van der Waals surface area (Å²) in [6, 6.07) is 0. The van der Waals surface area contributed by atoms with Gasteiger partial charge in [0.15, 0.2) is 0 Å². The normalized spacial score (nSPS) is 14.8. The fourth-order valence-corrected chi connectivity index (χ4v) is 2.12. The lowest BCUT2D eigenvalue weighted by Crippen LogP contribution is -2.10. The van der Waals surface area contributed by atoms with Crippen LogP contribution in [-0.4, -0.2) is 10.2 Å². The van der Waals surface area contributed by atoms with E-state index in [2.05, 4.69) is 36.7 Å². The van der Waals surface area contributed by atoms with Crippen LogP contribution in [0, 0.1) is 5.92 Å². The van der Waals surface area contributed by atoms with Gasteiger partial charge >= 0.3 is 0 Å². The van der Waals surface area contributed by atoms with E-state index in [4.69, 9.17) is 11.6 Å². The zero-order valence-electron chi connectivity index (χ0n) is 8.37. The molecular weight excluding hydrogens is 235 g/mol. The van der Waals surface area contributed by atoms with Crippen LogP contribution in [-0.2, 0) is 0 Å². The number of alkyl halides is 2. The Labute approximate surface area is 90.2 Å². The number of halogens is 2. The van der Waals surface area contributed by atoms with Crippen molar-refractivity contribution < 1.29 is 0 Å². The summed E-state index contributed by atoms with van der Waals surface area (Å²) in [6.45, 7) is 6.48. The Bertz CT molecular complexity index is 107. The van der Waals surface area contributed by atoms with E-state index in [-0.39, 0.29) is 4.87 Å². The molecule has 0 nitrogen and oxygen atoms in total. The average Bonchev–Trinajstić information content (AvgIpc) is 1.84. The van der Waals surface area contributed by atoms with Crippen molar-refractivity contribution in [2.24, 2.45) is 5.92 Å². The average molecular weight is 256 g/mol. The van der Waals surface area contributed by atoms with Gasteiger partial charge in [0.05, 0.1) is 0 Å². The zero-order chi connectivity index (χ0) is 9.61. The summed E-state index contributed by atoms with van der Waals surface area (Å²) in [7, 11) is 0. The summed E-state index contributed by atoms with van der Waals surface area (Å²) in [6.07, 6.45) is 4.97. The van der Waals surface area contributed by atoms with Gasteiger partial charge in [-0.2, -0.15) is 0 Å². The van der Waals surface area contributed by atoms with Gasteiger partial charge in [-0.1, -0.05) is 35.7 Å². The quantitative estimate of drug-likeness (QED) is 0.609. The maximum absolute atomic E-state index is 6.08. The van der Waals surface area contributed by atoms with Crippen molar-refractivity contribution in [3.05, 3.63) is 0 Å². The van der Waals surface area contributed by atoms with Crippen molar-refractivity contribution >= 4 is 27.5 Å². The number of hydrogen-bond donors (Lipinski definition) is 0. The van der Waals surface area contributed by atoms with Crippen molar-refractivity contribution in [3.63, 3.8) is 0 Å². The van der Waals surface area contributed by atoms with Crippen LogP contribution in [0.5, 0.6) is 0 Å². The first-order valence-corrected chi connectivity index (χ1v) is 6.20. The third-order valence-corrected chi connectivity index (χ3v) is 2.72. The van der Waals surface area contributed by atoms with Gasteiger partial charge in [0.1, 0.15) is 0 Å². The molecule has 0 aromatic carbocycles. The molecule has 0 amide bonds. The van der Waals surface area contributed by atoms with E-state index in [1.807, 2.05) is 0 Å². The SMILES string of the molecule is CC(CCBr)CCCC(C)(C)Cl. The second-order valence-electron chi connectivity index (χ2n) is 4.19. The van der Waals surface area contributed by atoms with Crippen LogP contribution >= 0.6 is 27.5 Å². The maximum atomic E-state index is 6.08. The molecule has 1 atom stereocenters. The van der Waals surface area contributed by atoms with E-state index in [1.165, 1.54) is 19.3 Å². The third kappa shape index (κ3) is 8.86. The van der Waals surface area contributed by atoms with Gasteiger partial charge in [0, 0.05) is 10.2 Å². The Balaban J connectivity index is 3.31. The van der Waals surface area contributed by atoms with E-state index >= 15 is 0 Å². The minimum Gasteiger partial charge on any atom is -0.120 e. The monoisotopic (exact) mass is 254 g/mol. The Kier molecular flexibility index (Phi) is 6.66. The molecule has 74 valence electrons. The van der Waals surface area contributed by atoms with Gasteiger partial charge in [0.25, 0.3) is 0 Å². The van der Waals surface area contributed by atoms with Crippen LogP contribution < -0.4 is 0 Å². The van der Waals surface area contributed by atoms with Crippen LogP contribution in [0.3, 0.4) is 0 Å². The van der Waals surface area contributed by atoms with Gasteiger partial charge in [-0.05, 0) is 32.6 Å². The summed E-state index contributed by atoms with van der Waals surface area (Å²) < 4.78 is 0. The first kappa shape index (κ1) is 12.8. The van der Waals surface area contributed by atoms with Crippen LogP contribution in [0.2, 0.25) is 0 Å². The molecule has 0 aliphatic carbocycles. The second-order valence-corrected chi connectivity index (χ2v) is 6.01. The Morgan fingerprint density at radius 2 is 1.92 bits per heavy atom.